The van der Waals surface area contributed by atoms with Gasteiger partial charge in [0.25, 0.3) is 0 Å². The first-order valence-corrected chi connectivity index (χ1v) is 7.80. The summed E-state index contributed by atoms with van der Waals surface area (Å²) in [5, 5.41) is 0. The molecule has 3 nitrogen and oxygen atoms in total. The highest BCUT2D eigenvalue weighted by atomic mass is 16.5. The van der Waals surface area contributed by atoms with Crippen LogP contribution in [-0.2, 0) is 0 Å². The number of hydrogen-bond acceptors (Lipinski definition) is 3. The Kier molecular flexibility index (Phi) is 4.51. The molecule has 1 aliphatic heterocycles. The third kappa shape index (κ3) is 3.24. The van der Waals surface area contributed by atoms with Gasteiger partial charge in [-0.25, -0.2) is 4.98 Å². The monoisotopic (exact) mass is 282 g/mol. The quantitative estimate of drug-likeness (QED) is 0.811. The van der Waals surface area contributed by atoms with Gasteiger partial charge in [0.1, 0.15) is 5.75 Å². The molecular weight excluding hydrogens is 260 g/mol. The highest BCUT2D eigenvalue weighted by molar-refractivity contribution is 5.34. The van der Waals surface area contributed by atoms with Crippen molar-refractivity contribution in [3.05, 3.63) is 54.2 Å². The van der Waals surface area contributed by atoms with Crippen molar-refractivity contribution >= 4 is 0 Å². The summed E-state index contributed by atoms with van der Waals surface area (Å²) < 4.78 is 6.01. The van der Waals surface area contributed by atoms with Crippen molar-refractivity contribution in [2.45, 2.75) is 32.2 Å². The normalized spacial score (nSPS) is 18.8. The van der Waals surface area contributed by atoms with Gasteiger partial charge in [0.05, 0.1) is 0 Å². The molecule has 1 aromatic carbocycles. The van der Waals surface area contributed by atoms with Gasteiger partial charge in [0.15, 0.2) is 0 Å². The lowest BCUT2D eigenvalue weighted by molar-refractivity contribution is 0.252. The van der Waals surface area contributed by atoms with Gasteiger partial charge in [-0.15, -0.1) is 0 Å². The van der Waals surface area contributed by atoms with Crippen molar-refractivity contribution in [1.29, 1.82) is 0 Å². The van der Waals surface area contributed by atoms with E-state index in [0.717, 1.165) is 18.2 Å². The third-order valence-corrected chi connectivity index (χ3v) is 3.99. The standard InChI is InChI=1S/C18H22N2O/c1-2-13-20-14-7-11-17(20)16-10-6-12-19-18(16)21-15-8-4-3-5-9-15/h3-6,8-10,12,17H,2,7,11,13-14H2,1H3/t17-/m0/s1. The lowest BCUT2D eigenvalue weighted by Gasteiger charge is -2.25. The van der Waals surface area contributed by atoms with Crippen LogP contribution in [0, 0.1) is 0 Å². The van der Waals surface area contributed by atoms with E-state index >= 15 is 0 Å². The highest BCUT2D eigenvalue weighted by Gasteiger charge is 2.28. The molecule has 0 radical (unpaired) electrons. The van der Waals surface area contributed by atoms with Crippen LogP contribution in [0.1, 0.15) is 37.8 Å². The maximum Gasteiger partial charge on any atom is 0.223 e. The molecule has 21 heavy (non-hydrogen) atoms. The Bertz CT molecular complexity index is 570. The van der Waals surface area contributed by atoms with E-state index in [1.165, 1.54) is 31.4 Å². The SMILES string of the molecule is CCCN1CCC[C@H]1c1cccnc1Oc1ccccc1. The second-order valence-electron chi connectivity index (χ2n) is 5.51. The molecule has 1 aliphatic rings. The molecule has 1 saturated heterocycles. The fraction of sp³-hybridized carbons (Fsp3) is 0.389. The summed E-state index contributed by atoms with van der Waals surface area (Å²) >= 11 is 0. The summed E-state index contributed by atoms with van der Waals surface area (Å²) in [5.74, 6) is 1.59. The van der Waals surface area contributed by atoms with Crippen LogP contribution in [-0.4, -0.2) is 23.0 Å². The molecule has 0 N–H and O–H groups in total. The first kappa shape index (κ1) is 14.1. The van der Waals surface area contributed by atoms with Crippen molar-refractivity contribution in [1.82, 2.24) is 9.88 Å². The minimum Gasteiger partial charge on any atom is -0.439 e. The number of nitrogens with zero attached hydrogens (tertiary/aromatic N) is 2. The molecule has 0 spiro atoms. The lowest BCUT2D eigenvalue weighted by Crippen LogP contribution is -2.24. The minimum atomic E-state index is 0.442. The van der Waals surface area contributed by atoms with Gasteiger partial charge in [0, 0.05) is 17.8 Å². The van der Waals surface area contributed by atoms with Crippen molar-refractivity contribution in [2.24, 2.45) is 0 Å². The Hall–Kier alpha value is -1.87. The number of ether oxygens (including phenoxy) is 1. The Morgan fingerprint density at radius 3 is 2.86 bits per heavy atom. The fourth-order valence-corrected chi connectivity index (χ4v) is 3.08. The number of benzene rings is 1. The molecule has 0 unspecified atom stereocenters. The summed E-state index contributed by atoms with van der Waals surface area (Å²) in [6.07, 6.45) is 5.44. The minimum absolute atomic E-state index is 0.442. The fourth-order valence-electron chi connectivity index (χ4n) is 3.08. The molecule has 2 heterocycles. The lowest BCUT2D eigenvalue weighted by atomic mass is 10.1. The smallest absolute Gasteiger partial charge is 0.223 e. The summed E-state index contributed by atoms with van der Waals surface area (Å²) in [6, 6.07) is 14.5. The maximum absolute atomic E-state index is 6.01. The molecule has 1 aromatic heterocycles. The molecule has 110 valence electrons. The first-order valence-electron chi connectivity index (χ1n) is 7.80. The molecule has 0 aliphatic carbocycles. The van der Waals surface area contributed by atoms with E-state index < -0.39 is 0 Å². The molecule has 0 amide bonds. The van der Waals surface area contributed by atoms with Crippen LogP contribution in [0.15, 0.2) is 48.7 Å². The molecule has 3 rings (SSSR count). The van der Waals surface area contributed by atoms with E-state index in [-0.39, 0.29) is 0 Å². The van der Waals surface area contributed by atoms with Crippen molar-refractivity contribution in [3.63, 3.8) is 0 Å². The van der Waals surface area contributed by atoms with Gasteiger partial charge < -0.3 is 4.74 Å². The molecule has 0 saturated carbocycles. The second-order valence-corrected chi connectivity index (χ2v) is 5.51. The Morgan fingerprint density at radius 2 is 2.05 bits per heavy atom. The summed E-state index contributed by atoms with van der Waals surface area (Å²) in [4.78, 5) is 7.01. The topological polar surface area (TPSA) is 25.4 Å². The van der Waals surface area contributed by atoms with Crippen LogP contribution in [0.3, 0.4) is 0 Å². The van der Waals surface area contributed by atoms with E-state index in [2.05, 4.69) is 22.9 Å². The van der Waals surface area contributed by atoms with Crippen molar-refractivity contribution in [2.75, 3.05) is 13.1 Å². The summed E-state index contributed by atoms with van der Waals surface area (Å²) in [6.45, 7) is 4.56. The van der Waals surface area contributed by atoms with E-state index in [4.69, 9.17) is 4.74 Å². The van der Waals surface area contributed by atoms with E-state index in [1.807, 2.05) is 36.4 Å². The molecule has 3 heteroatoms. The molecule has 0 bridgehead atoms. The molecular formula is C18H22N2O. The molecule has 1 atom stereocenters. The predicted octanol–water partition coefficient (Wildman–Crippen LogP) is 4.42. The second kappa shape index (κ2) is 6.72. The number of hydrogen-bond donors (Lipinski definition) is 0. The van der Waals surface area contributed by atoms with Gasteiger partial charge in [-0.05, 0) is 50.6 Å². The van der Waals surface area contributed by atoms with E-state index in [9.17, 15) is 0 Å². The van der Waals surface area contributed by atoms with Gasteiger partial charge in [0.2, 0.25) is 5.88 Å². The summed E-state index contributed by atoms with van der Waals surface area (Å²) in [7, 11) is 0. The van der Waals surface area contributed by atoms with Crippen LogP contribution in [0.25, 0.3) is 0 Å². The number of pyridine rings is 1. The number of para-hydroxylation sites is 1. The molecule has 2 aromatic rings. The third-order valence-electron chi connectivity index (χ3n) is 3.99. The Labute approximate surface area is 126 Å². The van der Waals surface area contributed by atoms with Gasteiger partial charge in [-0.1, -0.05) is 31.2 Å². The van der Waals surface area contributed by atoms with Crippen molar-refractivity contribution in [3.8, 4) is 11.6 Å². The number of rotatable bonds is 5. The zero-order chi connectivity index (χ0) is 14.5. The Morgan fingerprint density at radius 1 is 1.19 bits per heavy atom. The van der Waals surface area contributed by atoms with Crippen LogP contribution in [0.4, 0.5) is 0 Å². The average molecular weight is 282 g/mol. The predicted molar refractivity (Wildman–Crippen MR) is 84.6 cm³/mol. The van der Waals surface area contributed by atoms with Crippen LogP contribution in [0.5, 0.6) is 11.6 Å². The molecule has 1 fully saturated rings. The zero-order valence-corrected chi connectivity index (χ0v) is 12.5. The highest BCUT2D eigenvalue weighted by Crippen LogP contribution is 2.37. The first-order chi connectivity index (χ1) is 10.4. The van der Waals surface area contributed by atoms with Crippen LogP contribution >= 0.6 is 0 Å². The van der Waals surface area contributed by atoms with Gasteiger partial charge in [-0.2, -0.15) is 0 Å². The van der Waals surface area contributed by atoms with Gasteiger partial charge in [-0.3, -0.25) is 4.90 Å². The van der Waals surface area contributed by atoms with E-state index in [1.54, 1.807) is 6.20 Å². The Balaban J connectivity index is 1.85. The van der Waals surface area contributed by atoms with Crippen LogP contribution in [0.2, 0.25) is 0 Å². The maximum atomic E-state index is 6.01. The largest absolute Gasteiger partial charge is 0.439 e. The van der Waals surface area contributed by atoms with Gasteiger partial charge >= 0.3 is 0 Å². The summed E-state index contributed by atoms with van der Waals surface area (Å²) in [5.41, 5.74) is 1.22. The van der Waals surface area contributed by atoms with E-state index in [0.29, 0.717) is 6.04 Å². The average Bonchev–Trinajstić information content (AvgIpc) is 2.97. The zero-order valence-electron chi connectivity index (χ0n) is 12.5. The number of likely N-dealkylation sites (tertiary alicyclic amines) is 1. The van der Waals surface area contributed by atoms with Crippen LogP contribution < -0.4 is 4.74 Å². The van der Waals surface area contributed by atoms with Crippen molar-refractivity contribution < 1.29 is 4.74 Å². The number of aromatic nitrogens is 1.